The molecule has 10 unspecified atom stereocenters. The van der Waals surface area contributed by atoms with Crippen molar-refractivity contribution in [3.05, 3.63) is 59.9 Å². The SMILES string of the molecule is CC(=O)N(c1c(Br)c(C(=O)N(CC(O)CO)CC(O)C(O)C(O)C(O)CO)c(Br)c(C(=O)N(CC(O)CO)CC(O)C(O)C(O)C(O)CO)c1Br)N1C(=O)c2ccccc2C1=O. The number of nitrogens with zero attached hydrogens (tertiary/aromatic N) is 4. The van der Waals surface area contributed by atoms with Crippen LogP contribution in [0.2, 0.25) is 0 Å². The zero-order chi connectivity index (χ0) is 47.1. The lowest BCUT2D eigenvalue weighted by Gasteiger charge is -2.35. The number of rotatable bonds is 22. The first-order valence-corrected chi connectivity index (χ1v) is 20.7. The predicted molar refractivity (Wildman–Crippen MR) is 220 cm³/mol. The van der Waals surface area contributed by atoms with Gasteiger partial charge in [0.25, 0.3) is 23.6 Å². The topological polar surface area (TPSA) is 382 Å². The minimum Gasteiger partial charge on any atom is -0.394 e. The second-order valence-electron chi connectivity index (χ2n) is 14.0. The van der Waals surface area contributed by atoms with Gasteiger partial charge in [-0.05, 0) is 59.9 Å². The summed E-state index contributed by atoms with van der Waals surface area (Å²) in [6.07, 6.45) is -20.8. The van der Waals surface area contributed by atoms with Gasteiger partial charge in [-0.1, -0.05) is 12.1 Å². The average molecular weight is 1080 g/mol. The average Bonchev–Trinajstić information content (AvgIpc) is 3.49. The zero-order valence-electron chi connectivity index (χ0n) is 32.5. The zero-order valence-corrected chi connectivity index (χ0v) is 37.2. The van der Waals surface area contributed by atoms with E-state index < -0.39 is 173 Å². The van der Waals surface area contributed by atoms with E-state index in [4.69, 9.17) is 0 Å². The van der Waals surface area contributed by atoms with Gasteiger partial charge in [0.2, 0.25) is 5.91 Å². The summed E-state index contributed by atoms with van der Waals surface area (Å²) in [5, 5.41) is 143. The molecule has 346 valence electrons. The molecule has 23 nitrogen and oxygen atoms in total. The van der Waals surface area contributed by atoms with Crippen molar-refractivity contribution in [3.63, 3.8) is 0 Å². The Kier molecular flexibility index (Phi) is 19.9. The second-order valence-corrected chi connectivity index (χ2v) is 16.4. The van der Waals surface area contributed by atoms with Gasteiger partial charge in [-0.3, -0.25) is 24.0 Å². The molecule has 1 aliphatic rings. The molecule has 0 aromatic heterocycles. The number of carbonyl (C=O) groups is 5. The quantitative estimate of drug-likeness (QED) is 0.0491. The van der Waals surface area contributed by atoms with Gasteiger partial charge in [0, 0.05) is 37.6 Å². The van der Waals surface area contributed by atoms with E-state index in [2.05, 4.69) is 47.8 Å². The van der Waals surface area contributed by atoms with Gasteiger partial charge >= 0.3 is 0 Å². The Morgan fingerprint density at radius 1 is 0.548 bits per heavy atom. The monoisotopic (exact) mass is 1080 g/mol. The van der Waals surface area contributed by atoms with Gasteiger partial charge in [0.05, 0.1) is 75.5 Å². The summed E-state index contributed by atoms with van der Waals surface area (Å²) in [6.45, 7) is -7.04. The Labute approximate surface area is 377 Å². The molecule has 26 heteroatoms. The minimum atomic E-state index is -2.27. The molecule has 1 aliphatic heterocycles. The molecule has 0 saturated carbocycles. The van der Waals surface area contributed by atoms with Crippen LogP contribution in [-0.4, -0.2) is 229 Å². The molecule has 5 amide bonds. The van der Waals surface area contributed by atoms with Crippen LogP contribution in [0.15, 0.2) is 37.7 Å². The van der Waals surface area contributed by atoms with Crippen LogP contribution in [0.25, 0.3) is 0 Å². The van der Waals surface area contributed by atoms with E-state index in [0.29, 0.717) is 19.8 Å². The maximum absolute atomic E-state index is 14.8. The van der Waals surface area contributed by atoms with Gasteiger partial charge < -0.3 is 81.3 Å². The number of imide groups is 1. The van der Waals surface area contributed by atoms with Crippen molar-refractivity contribution in [2.24, 2.45) is 0 Å². The summed E-state index contributed by atoms with van der Waals surface area (Å²) in [5.41, 5.74) is -2.38. The van der Waals surface area contributed by atoms with Gasteiger partial charge in [0.1, 0.15) is 48.8 Å². The number of benzene rings is 2. The third-order valence-electron chi connectivity index (χ3n) is 9.53. The van der Waals surface area contributed by atoms with Crippen LogP contribution < -0.4 is 5.01 Å². The fourth-order valence-electron chi connectivity index (χ4n) is 6.18. The van der Waals surface area contributed by atoms with Crippen molar-refractivity contribution in [2.75, 3.05) is 57.6 Å². The van der Waals surface area contributed by atoms with Crippen LogP contribution >= 0.6 is 47.8 Å². The van der Waals surface area contributed by atoms with E-state index in [-0.39, 0.29) is 11.1 Å². The third kappa shape index (κ3) is 11.6. The fraction of sp³-hybridized carbons (Fsp3) is 0.528. The number of hydrazine groups is 1. The second kappa shape index (κ2) is 23.2. The molecule has 1 heterocycles. The molecule has 14 N–H and O–H groups in total. The van der Waals surface area contributed by atoms with Crippen molar-refractivity contribution in [1.29, 1.82) is 0 Å². The van der Waals surface area contributed by atoms with Crippen LogP contribution in [0.4, 0.5) is 5.69 Å². The van der Waals surface area contributed by atoms with E-state index in [1.54, 1.807) is 0 Å². The third-order valence-corrected chi connectivity index (χ3v) is 11.9. The molecule has 10 atom stereocenters. The van der Waals surface area contributed by atoms with Crippen molar-refractivity contribution < 1.29 is 95.5 Å². The number of amides is 5. The molecule has 0 aliphatic carbocycles. The Hall–Kier alpha value is -3.13. The van der Waals surface area contributed by atoms with Crippen LogP contribution in [-0.2, 0) is 4.79 Å². The first kappa shape index (κ1) is 53.2. The highest BCUT2D eigenvalue weighted by atomic mass is 79.9. The summed E-state index contributed by atoms with van der Waals surface area (Å²) in [4.78, 5) is 72.0. The number of aliphatic hydroxyl groups is 14. The molecule has 0 fully saturated rings. The smallest absolute Gasteiger partial charge is 0.281 e. The van der Waals surface area contributed by atoms with Crippen molar-refractivity contribution in [2.45, 2.75) is 68.0 Å². The molecular formula is C36H47Br3N4O19. The Morgan fingerprint density at radius 3 is 1.19 bits per heavy atom. The number of fused-ring (bicyclic) bond motifs is 1. The first-order valence-electron chi connectivity index (χ1n) is 18.3. The van der Waals surface area contributed by atoms with Crippen molar-refractivity contribution >= 4 is 83.0 Å². The lowest BCUT2D eigenvalue weighted by molar-refractivity contribution is -0.118. The highest BCUT2D eigenvalue weighted by molar-refractivity contribution is 9.11. The molecular weight excluding hydrogens is 1030 g/mol. The Balaban J connectivity index is 2.42. The molecule has 0 bridgehead atoms. The number of hydrogen-bond acceptors (Lipinski definition) is 19. The van der Waals surface area contributed by atoms with Crippen LogP contribution in [0.1, 0.15) is 48.4 Å². The van der Waals surface area contributed by atoms with E-state index in [1.165, 1.54) is 24.3 Å². The number of halogens is 3. The molecule has 0 radical (unpaired) electrons. The standard InChI is InChI=1S/C36H47Br3N4O19/c1-14(48)42(43-33(59)17-4-2-3-5-18(17)34(43)60)28-26(38)23(35(61)40(6-15(49)10-44)8-19(51)29(55)31(57)21(53)12-46)25(37)24(27(28)39)36(62)41(7-16(50)11-45)9-20(52)30(56)32(58)22(54)13-47/h2-5,15-16,19-22,29-32,44-47,49-58H,6-13H2,1H3. The normalized spacial score (nSPS) is 17.6. The lowest BCUT2D eigenvalue weighted by Crippen LogP contribution is -2.52. The Morgan fingerprint density at radius 2 is 0.887 bits per heavy atom. The highest BCUT2D eigenvalue weighted by Gasteiger charge is 2.45. The first-order chi connectivity index (χ1) is 29.0. The summed E-state index contributed by atoms with van der Waals surface area (Å²) in [7, 11) is 0. The van der Waals surface area contributed by atoms with Gasteiger partial charge in [-0.15, -0.1) is 0 Å². The van der Waals surface area contributed by atoms with E-state index in [0.717, 1.165) is 6.92 Å². The number of aliphatic hydroxyl groups excluding tert-OH is 14. The summed E-state index contributed by atoms with van der Waals surface area (Å²) >= 11 is 9.62. The Bertz CT molecular complexity index is 1830. The summed E-state index contributed by atoms with van der Waals surface area (Å²) < 4.78 is -1.56. The number of hydrogen-bond donors (Lipinski definition) is 14. The molecule has 62 heavy (non-hydrogen) atoms. The van der Waals surface area contributed by atoms with E-state index >= 15 is 0 Å². The van der Waals surface area contributed by atoms with E-state index in [1.807, 2.05) is 0 Å². The predicted octanol–water partition coefficient (Wildman–Crippen LogP) is -5.00. The van der Waals surface area contributed by atoms with E-state index in [9.17, 15) is 95.5 Å². The molecule has 3 rings (SSSR count). The minimum absolute atomic E-state index is 0.156. The fourth-order valence-corrected chi connectivity index (χ4v) is 9.19. The van der Waals surface area contributed by atoms with Crippen LogP contribution in [0.3, 0.4) is 0 Å². The molecule has 0 spiro atoms. The van der Waals surface area contributed by atoms with Crippen molar-refractivity contribution in [3.8, 4) is 0 Å². The van der Waals surface area contributed by atoms with Crippen LogP contribution in [0.5, 0.6) is 0 Å². The largest absolute Gasteiger partial charge is 0.394 e. The molecule has 2 aromatic carbocycles. The number of carbonyl (C=O) groups excluding carboxylic acids is 5. The molecule has 0 saturated heterocycles. The summed E-state index contributed by atoms with van der Waals surface area (Å²) in [5.74, 6) is -5.85. The lowest BCUT2D eigenvalue weighted by atomic mass is 10.0. The summed E-state index contributed by atoms with van der Waals surface area (Å²) in [6, 6.07) is 5.42. The van der Waals surface area contributed by atoms with Gasteiger partial charge in [0.15, 0.2) is 0 Å². The van der Waals surface area contributed by atoms with Crippen molar-refractivity contribution in [1.82, 2.24) is 14.8 Å². The number of anilines is 1. The maximum Gasteiger partial charge on any atom is 0.281 e. The van der Waals surface area contributed by atoms with Gasteiger partial charge in [-0.2, -0.15) is 5.01 Å². The van der Waals surface area contributed by atoms with Gasteiger partial charge in [-0.25, -0.2) is 5.01 Å². The van der Waals surface area contributed by atoms with Crippen LogP contribution in [0, 0.1) is 0 Å². The highest BCUT2D eigenvalue weighted by Crippen LogP contribution is 2.47. The molecule has 2 aromatic rings. The maximum atomic E-state index is 14.8.